The van der Waals surface area contributed by atoms with E-state index < -0.39 is 0 Å². The van der Waals surface area contributed by atoms with Crippen LogP contribution in [0.4, 0.5) is 0 Å². The predicted octanol–water partition coefficient (Wildman–Crippen LogP) is 1.91. The summed E-state index contributed by atoms with van der Waals surface area (Å²) in [5.41, 5.74) is 0.446. The first kappa shape index (κ1) is 12.4. The number of hydrogen-bond donors (Lipinski definition) is 1. The van der Waals surface area contributed by atoms with Crippen LogP contribution in [0.25, 0.3) is 0 Å². The Kier molecular flexibility index (Phi) is 3.02. The van der Waals surface area contributed by atoms with Crippen LogP contribution >= 0.6 is 0 Å². The second kappa shape index (κ2) is 4.88. The van der Waals surface area contributed by atoms with Gasteiger partial charge in [0.15, 0.2) is 5.69 Å². The molecule has 1 saturated carbocycles. The van der Waals surface area contributed by atoms with Crippen LogP contribution in [0, 0.1) is 0 Å². The fourth-order valence-corrected chi connectivity index (χ4v) is 3.61. The Morgan fingerprint density at radius 3 is 3.00 bits per heavy atom. The molecule has 2 saturated heterocycles. The summed E-state index contributed by atoms with van der Waals surface area (Å²) >= 11 is 0. The lowest BCUT2D eigenvalue weighted by Gasteiger charge is -2.32. The van der Waals surface area contributed by atoms with Crippen molar-refractivity contribution in [2.45, 2.75) is 56.5 Å². The molecule has 4 rings (SSSR count). The normalized spacial score (nSPS) is 30.2. The van der Waals surface area contributed by atoms with E-state index in [0.29, 0.717) is 17.7 Å². The van der Waals surface area contributed by atoms with E-state index in [1.807, 2.05) is 6.07 Å². The molecule has 5 nitrogen and oxygen atoms in total. The number of fused-ring (bicyclic) bond motifs is 1. The largest absolute Gasteiger partial charge is 0.360 e. The molecule has 3 aliphatic rings. The minimum atomic E-state index is -0.0712. The Hall–Kier alpha value is -1.36. The summed E-state index contributed by atoms with van der Waals surface area (Å²) in [6.07, 6.45) is 7.17. The monoisotopic (exact) mass is 275 g/mol. The zero-order valence-electron chi connectivity index (χ0n) is 11.7. The van der Waals surface area contributed by atoms with Crippen LogP contribution in [0.3, 0.4) is 0 Å². The van der Waals surface area contributed by atoms with Crippen LogP contribution in [0.5, 0.6) is 0 Å². The number of nitrogens with zero attached hydrogens (tertiary/aromatic N) is 2. The average molecular weight is 275 g/mol. The van der Waals surface area contributed by atoms with Gasteiger partial charge >= 0.3 is 0 Å². The van der Waals surface area contributed by atoms with Gasteiger partial charge in [0.05, 0.1) is 0 Å². The molecular weight excluding hydrogens is 254 g/mol. The summed E-state index contributed by atoms with van der Waals surface area (Å²) in [6.45, 7) is 2.30. The predicted molar refractivity (Wildman–Crippen MR) is 73.6 cm³/mol. The fourth-order valence-electron chi connectivity index (χ4n) is 3.61. The SMILES string of the molecule is O=C(N[C@@H]1CCN2CCCC[C@H]12)c1cc(C2CC2)on1. The Morgan fingerprint density at radius 1 is 1.25 bits per heavy atom. The molecule has 1 aromatic rings. The first-order valence-electron chi connectivity index (χ1n) is 7.83. The van der Waals surface area contributed by atoms with E-state index in [2.05, 4.69) is 15.4 Å². The second-order valence-corrected chi connectivity index (χ2v) is 6.36. The van der Waals surface area contributed by atoms with Crippen LogP contribution in [0.2, 0.25) is 0 Å². The lowest BCUT2D eigenvalue weighted by molar-refractivity contribution is 0.0906. The summed E-state index contributed by atoms with van der Waals surface area (Å²) in [4.78, 5) is 14.8. The fraction of sp³-hybridized carbons (Fsp3) is 0.733. The molecular formula is C15H21N3O2. The van der Waals surface area contributed by atoms with Gasteiger partial charge in [-0.15, -0.1) is 0 Å². The van der Waals surface area contributed by atoms with Crippen LogP contribution in [0.15, 0.2) is 10.6 Å². The van der Waals surface area contributed by atoms with Gasteiger partial charge in [0.1, 0.15) is 5.76 Å². The highest BCUT2D eigenvalue weighted by molar-refractivity contribution is 5.92. The molecule has 0 radical (unpaired) electrons. The van der Waals surface area contributed by atoms with Crippen LogP contribution in [-0.4, -0.2) is 41.1 Å². The van der Waals surface area contributed by atoms with E-state index in [0.717, 1.165) is 31.6 Å². The molecule has 0 spiro atoms. The number of aromatic nitrogens is 1. The lowest BCUT2D eigenvalue weighted by Crippen LogP contribution is -2.46. The first-order chi connectivity index (χ1) is 9.81. The van der Waals surface area contributed by atoms with Crippen molar-refractivity contribution in [1.82, 2.24) is 15.4 Å². The van der Waals surface area contributed by atoms with Crippen molar-refractivity contribution >= 4 is 5.91 Å². The molecule has 1 aromatic heterocycles. The Bertz CT molecular complexity index is 509. The highest BCUT2D eigenvalue weighted by Gasteiger charge is 2.37. The molecule has 5 heteroatoms. The third-order valence-corrected chi connectivity index (χ3v) is 4.91. The summed E-state index contributed by atoms with van der Waals surface area (Å²) in [5, 5.41) is 7.09. The minimum Gasteiger partial charge on any atom is -0.360 e. The standard InChI is InChI=1S/C15H21N3O2/c19-15(12-9-14(20-17-12)10-4-5-10)16-11-6-8-18-7-2-1-3-13(11)18/h9-11,13H,1-8H2,(H,16,19)/t11-,13-/m1/s1. The van der Waals surface area contributed by atoms with E-state index in [1.165, 1.54) is 25.8 Å². The molecule has 3 heterocycles. The van der Waals surface area contributed by atoms with Crippen molar-refractivity contribution < 1.29 is 9.32 Å². The van der Waals surface area contributed by atoms with Gasteiger partial charge in [0.2, 0.25) is 0 Å². The van der Waals surface area contributed by atoms with Crippen molar-refractivity contribution in [3.8, 4) is 0 Å². The van der Waals surface area contributed by atoms with Gasteiger partial charge in [0.25, 0.3) is 5.91 Å². The second-order valence-electron chi connectivity index (χ2n) is 6.36. The quantitative estimate of drug-likeness (QED) is 0.915. The van der Waals surface area contributed by atoms with E-state index >= 15 is 0 Å². The molecule has 0 unspecified atom stereocenters. The minimum absolute atomic E-state index is 0.0712. The van der Waals surface area contributed by atoms with Gasteiger partial charge in [-0.25, -0.2) is 0 Å². The molecule has 3 fully saturated rings. The summed E-state index contributed by atoms with van der Waals surface area (Å²) in [7, 11) is 0. The van der Waals surface area contributed by atoms with Gasteiger partial charge in [-0.2, -0.15) is 0 Å². The molecule has 1 N–H and O–H groups in total. The number of carbonyl (C=O) groups excluding carboxylic acids is 1. The van der Waals surface area contributed by atoms with Crippen LogP contribution < -0.4 is 5.32 Å². The molecule has 20 heavy (non-hydrogen) atoms. The third-order valence-electron chi connectivity index (χ3n) is 4.91. The highest BCUT2D eigenvalue weighted by Crippen LogP contribution is 2.40. The highest BCUT2D eigenvalue weighted by atomic mass is 16.5. The molecule has 108 valence electrons. The molecule has 2 aliphatic heterocycles. The van der Waals surface area contributed by atoms with Crippen LogP contribution in [0.1, 0.15) is 60.7 Å². The maximum Gasteiger partial charge on any atom is 0.273 e. The molecule has 1 amide bonds. The molecule has 0 aromatic carbocycles. The van der Waals surface area contributed by atoms with Crippen molar-refractivity contribution in [2.75, 3.05) is 13.1 Å². The molecule has 1 aliphatic carbocycles. The number of hydrogen-bond acceptors (Lipinski definition) is 4. The summed E-state index contributed by atoms with van der Waals surface area (Å²) in [5.74, 6) is 1.31. The van der Waals surface area contributed by atoms with Crippen molar-refractivity contribution in [3.05, 3.63) is 17.5 Å². The van der Waals surface area contributed by atoms with Gasteiger partial charge in [-0.1, -0.05) is 11.6 Å². The number of rotatable bonds is 3. The van der Waals surface area contributed by atoms with Crippen molar-refractivity contribution in [1.29, 1.82) is 0 Å². The topological polar surface area (TPSA) is 58.4 Å². The van der Waals surface area contributed by atoms with Crippen molar-refractivity contribution in [2.24, 2.45) is 0 Å². The van der Waals surface area contributed by atoms with Crippen molar-refractivity contribution in [3.63, 3.8) is 0 Å². The van der Waals surface area contributed by atoms with Gasteiger partial charge in [0, 0.05) is 30.6 Å². The zero-order valence-corrected chi connectivity index (χ0v) is 11.7. The van der Waals surface area contributed by atoms with E-state index in [9.17, 15) is 4.79 Å². The van der Waals surface area contributed by atoms with Gasteiger partial charge < -0.3 is 9.84 Å². The Labute approximate surface area is 118 Å². The molecule has 2 atom stereocenters. The van der Waals surface area contributed by atoms with Gasteiger partial charge in [-0.05, 0) is 38.6 Å². The maximum atomic E-state index is 12.3. The van der Waals surface area contributed by atoms with E-state index in [4.69, 9.17) is 4.52 Å². The number of carbonyl (C=O) groups is 1. The lowest BCUT2D eigenvalue weighted by atomic mass is 9.99. The Morgan fingerprint density at radius 2 is 2.15 bits per heavy atom. The third kappa shape index (κ3) is 2.24. The first-order valence-corrected chi connectivity index (χ1v) is 7.83. The number of amides is 1. The number of nitrogens with one attached hydrogen (secondary N) is 1. The average Bonchev–Trinajstić information content (AvgIpc) is 3.06. The van der Waals surface area contributed by atoms with Crippen LogP contribution in [-0.2, 0) is 0 Å². The number of piperidine rings is 1. The maximum absolute atomic E-state index is 12.3. The van der Waals surface area contributed by atoms with E-state index in [-0.39, 0.29) is 11.9 Å². The zero-order chi connectivity index (χ0) is 13.5. The summed E-state index contributed by atoms with van der Waals surface area (Å²) in [6, 6.07) is 2.63. The Balaban J connectivity index is 1.41. The van der Waals surface area contributed by atoms with E-state index in [1.54, 1.807) is 0 Å². The molecule has 0 bridgehead atoms. The smallest absolute Gasteiger partial charge is 0.273 e. The van der Waals surface area contributed by atoms with Gasteiger partial charge in [-0.3, -0.25) is 9.69 Å². The summed E-state index contributed by atoms with van der Waals surface area (Å²) < 4.78 is 5.26.